The van der Waals surface area contributed by atoms with Crippen LogP contribution in [0, 0.1) is 0 Å². The van der Waals surface area contributed by atoms with Gasteiger partial charge in [0, 0.05) is 37.6 Å². The van der Waals surface area contributed by atoms with E-state index in [-0.39, 0.29) is 24.3 Å². The van der Waals surface area contributed by atoms with Gasteiger partial charge in [0.15, 0.2) is 0 Å². The summed E-state index contributed by atoms with van der Waals surface area (Å²) in [5, 5.41) is 2.12. The molecule has 0 bridgehead atoms. The van der Waals surface area contributed by atoms with E-state index in [0.717, 1.165) is 39.1 Å². The molecule has 2 aliphatic heterocycles. The largest absolute Gasteiger partial charge is 0.497 e. The van der Waals surface area contributed by atoms with E-state index in [4.69, 9.17) is 4.74 Å². The maximum Gasteiger partial charge on any atom is 0.251 e. The predicted molar refractivity (Wildman–Crippen MR) is 110 cm³/mol. The van der Waals surface area contributed by atoms with E-state index in [0.29, 0.717) is 11.4 Å². The molecule has 4 rings (SSSR count). The second-order valence-electron chi connectivity index (χ2n) is 7.19. The number of carbonyl (C=O) groups excluding carboxylic acids is 2. The zero-order chi connectivity index (χ0) is 19.5. The van der Waals surface area contributed by atoms with Crippen LogP contribution in [0.5, 0.6) is 5.75 Å². The lowest BCUT2D eigenvalue weighted by atomic mass is 10.1. The minimum absolute atomic E-state index is 0.109. The van der Waals surface area contributed by atoms with Gasteiger partial charge in [0.05, 0.1) is 25.3 Å². The van der Waals surface area contributed by atoms with Crippen molar-refractivity contribution >= 4 is 28.8 Å². The number of carbonyl (C=O) groups is 2. The molecule has 28 heavy (non-hydrogen) atoms. The van der Waals surface area contributed by atoms with Crippen molar-refractivity contribution in [1.82, 2.24) is 9.80 Å². The van der Waals surface area contributed by atoms with Crippen molar-refractivity contribution in [2.24, 2.45) is 0 Å². The lowest BCUT2D eigenvalue weighted by Crippen LogP contribution is -2.52. The number of ether oxygens (including phenoxy) is 1. The Hall–Kier alpha value is -2.22. The molecular formula is C21H25N3O3S. The number of amides is 2. The normalized spacial score (nSPS) is 21.5. The number of imide groups is 1. The van der Waals surface area contributed by atoms with Gasteiger partial charge in [-0.05, 0) is 42.1 Å². The highest BCUT2D eigenvalue weighted by Gasteiger charge is 2.43. The van der Waals surface area contributed by atoms with Crippen molar-refractivity contribution in [2.45, 2.75) is 18.9 Å². The molecule has 1 atom stereocenters. The van der Waals surface area contributed by atoms with Crippen molar-refractivity contribution in [1.29, 1.82) is 0 Å². The van der Waals surface area contributed by atoms with E-state index in [2.05, 4.69) is 27.3 Å². The van der Waals surface area contributed by atoms with Gasteiger partial charge in [-0.15, -0.1) is 11.3 Å². The van der Waals surface area contributed by atoms with Crippen molar-refractivity contribution < 1.29 is 14.3 Å². The molecule has 2 saturated heterocycles. The van der Waals surface area contributed by atoms with Crippen LogP contribution in [0.15, 0.2) is 41.8 Å². The molecule has 7 heteroatoms. The van der Waals surface area contributed by atoms with E-state index in [1.54, 1.807) is 42.7 Å². The van der Waals surface area contributed by atoms with Crippen LogP contribution in [-0.4, -0.2) is 67.5 Å². The summed E-state index contributed by atoms with van der Waals surface area (Å²) in [5.41, 5.74) is 0.618. The van der Waals surface area contributed by atoms with E-state index < -0.39 is 0 Å². The number of hydrogen-bond acceptors (Lipinski definition) is 6. The Morgan fingerprint density at radius 3 is 2.46 bits per heavy atom. The first-order valence-electron chi connectivity index (χ1n) is 9.65. The lowest BCUT2D eigenvalue weighted by Gasteiger charge is -2.37. The van der Waals surface area contributed by atoms with Crippen molar-refractivity contribution in [3.8, 4) is 5.75 Å². The number of hydrogen-bond donors (Lipinski definition) is 0. The van der Waals surface area contributed by atoms with Crippen LogP contribution in [0.4, 0.5) is 5.69 Å². The van der Waals surface area contributed by atoms with Gasteiger partial charge < -0.3 is 9.64 Å². The van der Waals surface area contributed by atoms with Gasteiger partial charge in [-0.2, -0.15) is 0 Å². The maximum absolute atomic E-state index is 13.0. The average Bonchev–Trinajstić information content (AvgIpc) is 3.35. The summed E-state index contributed by atoms with van der Waals surface area (Å²) < 4.78 is 5.15. The van der Waals surface area contributed by atoms with Crippen LogP contribution < -0.4 is 9.64 Å². The number of thiophene rings is 1. The first-order chi connectivity index (χ1) is 13.7. The summed E-state index contributed by atoms with van der Waals surface area (Å²) in [6.45, 7) is 4.57. The summed E-state index contributed by atoms with van der Waals surface area (Å²) in [5.74, 6) is 0.473. The van der Waals surface area contributed by atoms with Crippen LogP contribution in [0.25, 0.3) is 0 Å². The first kappa shape index (κ1) is 19.1. The van der Waals surface area contributed by atoms with Crippen molar-refractivity contribution in [3.05, 3.63) is 46.7 Å². The zero-order valence-electron chi connectivity index (χ0n) is 16.0. The molecule has 0 unspecified atom stereocenters. The van der Waals surface area contributed by atoms with E-state index >= 15 is 0 Å². The van der Waals surface area contributed by atoms with Crippen molar-refractivity contribution in [2.75, 3.05) is 44.7 Å². The molecule has 1 aromatic carbocycles. The van der Waals surface area contributed by atoms with Crippen LogP contribution >= 0.6 is 11.3 Å². The summed E-state index contributed by atoms with van der Waals surface area (Å²) in [6.07, 6.45) is 1.34. The van der Waals surface area contributed by atoms with Gasteiger partial charge in [-0.25, -0.2) is 4.90 Å². The van der Waals surface area contributed by atoms with Crippen LogP contribution in [0.3, 0.4) is 0 Å². The quantitative estimate of drug-likeness (QED) is 0.698. The third-order valence-corrected chi connectivity index (χ3v) is 6.49. The Labute approximate surface area is 169 Å². The highest BCUT2D eigenvalue weighted by atomic mass is 32.1. The fraction of sp³-hybridized carbons (Fsp3) is 0.429. The van der Waals surface area contributed by atoms with Crippen molar-refractivity contribution in [3.63, 3.8) is 0 Å². The number of benzene rings is 1. The predicted octanol–water partition coefficient (Wildman–Crippen LogP) is 2.25. The van der Waals surface area contributed by atoms with Gasteiger partial charge in [-0.1, -0.05) is 6.07 Å². The second kappa shape index (κ2) is 8.43. The molecule has 148 valence electrons. The molecule has 0 radical (unpaired) electrons. The standard InChI is InChI=1S/C21H25N3O3S/c1-27-17-6-4-16(5-7-17)24-20(25)15-19(21(24)26)23-12-10-22(11-13-23)9-8-18-3-2-14-28-18/h2-7,14,19H,8-13,15H2,1H3/t19-/m0/s1. The minimum Gasteiger partial charge on any atom is -0.497 e. The Bertz CT molecular complexity index is 814. The molecule has 0 saturated carbocycles. The van der Waals surface area contributed by atoms with Gasteiger partial charge >= 0.3 is 0 Å². The van der Waals surface area contributed by atoms with E-state index in [1.807, 2.05) is 0 Å². The molecule has 0 N–H and O–H groups in total. The highest BCUT2D eigenvalue weighted by Crippen LogP contribution is 2.27. The summed E-state index contributed by atoms with van der Waals surface area (Å²) in [6, 6.07) is 11.0. The van der Waals surface area contributed by atoms with E-state index in [9.17, 15) is 9.59 Å². The molecule has 1 aromatic heterocycles. The lowest BCUT2D eigenvalue weighted by molar-refractivity contribution is -0.123. The molecule has 3 heterocycles. The number of methoxy groups -OCH3 is 1. The van der Waals surface area contributed by atoms with Crippen LogP contribution in [-0.2, 0) is 16.0 Å². The fourth-order valence-electron chi connectivity index (χ4n) is 3.93. The zero-order valence-corrected chi connectivity index (χ0v) is 16.9. The molecule has 2 amide bonds. The number of nitrogens with zero attached hydrogens (tertiary/aromatic N) is 3. The van der Waals surface area contributed by atoms with E-state index in [1.165, 1.54) is 9.78 Å². The Kier molecular flexibility index (Phi) is 5.75. The fourth-order valence-corrected chi connectivity index (χ4v) is 4.62. The number of piperazine rings is 1. The maximum atomic E-state index is 13.0. The van der Waals surface area contributed by atoms with Gasteiger partial charge in [-0.3, -0.25) is 14.5 Å². The summed E-state index contributed by atoms with van der Waals surface area (Å²) in [4.78, 5) is 32.8. The minimum atomic E-state index is -0.339. The Balaban J connectivity index is 1.33. The monoisotopic (exact) mass is 399 g/mol. The SMILES string of the molecule is COc1ccc(N2C(=O)C[C@H](N3CCN(CCc4cccs4)CC3)C2=O)cc1. The molecular weight excluding hydrogens is 374 g/mol. The molecule has 2 aliphatic rings. The number of rotatable bonds is 6. The van der Waals surface area contributed by atoms with Gasteiger partial charge in [0.25, 0.3) is 5.91 Å². The molecule has 0 aliphatic carbocycles. The molecule has 6 nitrogen and oxygen atoms in total. The van der Waals surface area contributed by atoms with Crippen LogP contribution in [0.2, 0.25) is 0 Å². The van der Waals surface area contributed by atoms with Crippen LogP contribution in [0.1, 0.15) is 11.3 Å². The smallest absolute Gasteiger partial charge is 0.251 e. The highest BCUT2D eigenvalue weighted by molar-refractivity contribution is 7.09. The Morgan fingerprint density at radius 1 is 1.07 bits per heavy atom. The first-order valence-corrected chi connectivity index (χ1v) is 10.5. The summed E-state index contributed by atoms with van der Waals surface area (Å²) in [7, 11) is 1.59. The molecule has 2 aromatic rings. The summed E-state index contributed by atoms with van der Waals surface area (Å²) >= 11 is 1.80. The third kappa shape index (κ3) is 3.97. The van der Waals surface area contributed by atoms with Gasteiger partial charge in [0.2, 0.25) is 5.91 Å². The molecule has 2 fully saturated rings. The topological polar surface area (TPSA) is 53.1 Å². The van der Waals surface area contributed by atoms with Gasteiger partial charge in [0.1, 0.15) is 5.75 Å². The molecule has 0 spiro atoms. The third-order valence-electron chi connectivity index (χ3n) is 5.56. The second-order valence-corrected chi connectivity index (χ2v) is 8.22. The Morgan fingerprint density at radius 2 is 1.82 bits per heavy atom. The average molecular weight is 400 g/mol. The number of anilines is 1.